The average molecular weight is 278 g/mol. The van der Waals surface area contributed by atoms with E-state index in [0.717, 1.165) is 6.07 Å². The number of amides is 1. The third kappa shape index (κ3) is 3.92. The second kappa shape index (κ2) is 7.28. The molecule has 0 saturated carbocycles. The number of hydrogen-bond donors (Lipinski definition) is 1. The van der Waals surface area contributed by atoms with Gasteiger partial charge in [-0.15, -0.1) is 11.6 Å². The van der Waals surface area contributed by atoms with Crippen molar-refractivity contribution in [1.29, 1.82) is 0 Å². The van der Waals surface area contributed by atoms with Gasteiger partial charge in [-0.1, -0.05) is 6.07 Å². The number of carbonyl (C=O) groups is 1. The smallest absolute Gasteiger partial charge is 0.257 e. The molecule has 0 fully saturated rings. The Morgan fingerprint density at radius 2 is 2.11 bits per heavy atom. The maximum absolute atomic E-state index is 13.6. The van der Waals surface area contributed by atoms with E-state index in [2.05, 4.69) is 5.32 Å². The van der Waals surface area contributed by atoms with Crippen LogP contribution in [0.15, 0.2) is 12.1 Å². The minimum Gasteiger partial charge on any atom is -0.378 e. The van der Waals surface area contributed by atoms with Crippen LogP contribution >= 0.6 is 11.6 Å². The lowest BCUT2D eigenvalue weighted by Gasteiger charge is -2.08. The fourth-order valence-corrected chi connectivity index (χ4v) is 1.46. The van der Waals surface area contributed by atoms with Gasteiger partial charge < -0.3 is 10.1 Å². The lowest BCUT2D eigenvalue weighted by molar-refractivity contribution is 0.0915. The minimum absolute atomic E-state index is 0.169. The van der Waals surface area contributed by atoms with E-state index in [-0.39, 0.29) is 18.7 Å². The molecular weight excluding hydrogens is 264 g/mol. The molecule has 0 saturated heterocycles. The maximum Gasteiger partial charge on any atom is 0.257 e. The molecule has 3 nitrogen and oxygen atoms in total. The molecule has 0 atom stereocenters. The van der Waals surface area contributed by atoms with Gasteiger partial charge in [-0.2, -0.15) is 0 Å². The molecule has 0 spiro atoms. The number of hydrogen-bond acceptors (Lipinski definition) is 2. The highest BCUT2D eigenvalue weighted by molar-refractivity contribution is 6.17. The molecule has 0 aromatic heterocycles. The van der Waals surface area contributed by atoms with Crippen molar-refractivity contribution in [2.24, 2.45) is 0 Å². The van der Waals surface area contributed by atoms with Gasteiger partial charge in [0.1, 0.15) is 17.2 Å². The molecule has 0 bridgehead atoms. The molecule has 0 aliphatic heterocycles. The van der Waals surface area contributed by atoms with Crippen LogP contribution in [-0.4, -0.2) is 31.5 Å². The standard InChI is InChI=1S/C12H14ClF2NO2/c1-8-2-3-9(14)10(11(8)15)12(17)16-5-7-18-6-4-13/h2-3H,4-7H2,1H3,(H,16,17). The molecule has 1 aromatic rings. The summed E-state index contributed by atoms with van der Waals surface area (Å²) in [5.74, 6) is -2.15. The number of aryl methyl sites for hydroxylation is 1. The summed E-state index contributed by atoms with van der Waals surface area (Å²) in [5, 5.41) is 2.38. The highest BCUT2D eigenvalue weighted by Gasteiger charge is 2.18. The fraction of sp³-hybridized carbons (Fsp3) is 0.417. The van der Waals surface area contributed by atoms with E-state index in [9.17, 15) is 13.6 Å². The van der Waals surface area contributed by atoms with Crippen molar-refractivity contribution in [1.82, 2.24) is 5.32 Å². The molecule has 1 N–H and O–H groups in total. The van der Waals surface area contributed by atoms with Crippen LogP contribution in [0.1, 0.15) is 15.9 Å². The Labute approximate surface area is 109 Å². The van der Waals surface area contributed by atoms with Crippen LogP contribution in [0, 0.1) is 18.6 Å². The third-order valence-corrected chi connectivity index (χ3v) is 2.42. The summed E-state index contributed by atoms with van der Waals surface area (Å²) in [5.41, 5.74) is -0.340. The molecule has 100 valence electrons. The predicted molar refractivity (Wildman–Crippen MR) is 65.0 cm³/mol. The minimum atomic E-state index is -0.878. The topological polar surface area (TPSA) is 38.3 Å². The summed E-state index contributed by atoms with van der Waals surface area (Å²) in [6.45, 7) is 2.25. The first-order chi connectivity index (χ1) is 8.57. The van der Waals surface area contributed by atoms with Crippen molar-refractivity contribution in [3.63, 3.8) is 0 Å². The van der Waals surface area contributed by atoms with Crippen LogP contribution in [0.25, 0.3) is 0 Å². The summed E-state index contributed by atoms with van der Waals surface area (Å²) in [7, 11) is 0. The van der Waals surface area contributed by atoms with Gasteiger partial charge in [0, 0.05) is 12.4 Å². The zero-order valence-electron chi connectivity index (χ0n) is 9.93. The molecule has 0 unspecified atom stereocenters. The number of benzene rings is 1. The number of carbonyl (C=O) groups excluding carboxylic acids is 1. The molecule has 1 aromatic carbocycles. The fourth-order valence-electron chi connectivity index (χ4n) is 1.35. The average Bonchev–Trinajstić information content (AvgIpc) is 2.34. The molecule has 0 radical (unpaired) electrons. The Morgan fingerprint density at radius 1 is 1.39 bits per heavy atom. The van der Waals surface area contributed by atoms with Gasteiger partial charge in [-0.3, -0.25) is 4.79 Å². The van der Waals surface area contributed by atoms with Gasteiger partial charge >= 0.3 is 0 Å². The van der Waals surface area contributed by atoms with Crippen molar-refractivity contribution in [2.75, 3.05) is 25.6 Å². The van der Waals surface area contributed by atoms with Crippen LogP contribution in [0.5, 0.6) is 0 Å². The molecular formula is C12H14ClF2NO2. The van der Waals surface area contributed by atoms with Crippen LogP contribution < -0.4 is 5.32 Å². The van der Waals surface area contributed by atoms with Crippen molar-refractivity contribution in [2.45, 2.75) is 6.92 Å². The second-order valence-corrected chi connectivity index (χ2v) is 3.99. The molecule has 6 heteroatoms. The summed E-state index contributed by atoms with van der Waals surface area (Å²) in [6, 6.07) is 2.35. The van der Waals surface area contributed by atoms with E-state index in [0.29, 0.717) is 12.5 Å². The molecule has 1 rings (SSSR count). The van der Waals surface area contributed by atoms with E-state index in [4.69, 9.17) is 16.3 Å². The first kappa shape index (κ1) is 14.9. The van der Waals surface area contributed by atoms with Crippen molar-refractivity contribution < 1.29 is 18.3 Å². The molecule has 0 heterocycles. The van der Waals surface area contributed by atoms with Gasteiger partial charge in [-0.05, 0) is 18.6 Å². The van der Waals surface area contributed by atoms with Gasteiger partial charge in [0.15, 0.2) is 0 Å². The van der Waals surface area contributed by atoms with Crippen LogP contribution in [0.2, 0.25) is 0 Å². The van der Waals surface area contributed by atoms with Crippen molar-refractivity contribution in [3.8, 4) is 0 Å². The van der Waals surface area contributed by atoms with E-state index >= 15 is 0 Å². The Balaban J connectivity index is 2.59. The first-order valence-electron chi connectivity index (χ1n) is 5.44. The van der Waals surface area contributed by atoms with Crippen LogP contribution in [0.3, 0.4) is 0 Å². The third-order valence-electron chi connectivity index (χ3n) is 2.26. The maximum atomic E-state index is 13.6. The summed E-state index contributed by atoms with van der Waals surface area (Å²) < 4.78 is 32.0. The number of rotatable bonds is 6. The molecule has 0 aliphatic rings. The molecule has 18 heavy (non-hydrogen) atoms. The Kier molecular flexibility index (Phi) is 6.01. The van der Waals surface area contributed by atoms with Gasteiger partial charge in [-0.25, -0.2) is 8.78 Å². The quantitative estimate of drug-likeness (QED) is 0.640. The normalized spacial score (nSPS) is 10.4. The Morgan fingerprint density at radius 3 is 2.78 bits per heavy atom. The highest BCUT2D eigenvalue weighted by atomic mass is 35.5. The van der Waals surface area contributed by atoms with E-state index in [1.807, 2.05) is 0 Å². The summed E-state index contributed by atoms with van der Waals surface area (Å²) in [6.07, 6.45) is 0. The van der Waals surface area contributed by atoms with Crippen molar-refractivity contribution in [3.05, 3.63) is 34.9 Å². The van der Waals surface area contributed by atoms with Gasteiger partial charge in [0.25, 0.3) is 5.91 Å². The lowest BCUT2D eigenvalue weighted by Crippen LogP contribution is -2.29. The van der Waals surface area contributed by atoms with Crippen molar-refractivity contribution >= 4 is 17.5 Å². The zero-order valence-corrected chi connectivity index (χ0v) is 10.7. The van der Waals surface area contributed by atoms with Crippen LogP contribution in [-0.2, 0) is 4.74 Å². The molecule has 1 amide bonds. The zero-order chi connectivity index (χ0) is 13.5. The van der Waals surface area contributed by atoms with Crippen LogP contribution in [0.4, 0.5) is 8.78 Å². The number of halogens is 3. The number of nitrogens with one attached hydrogen (secondary N) is 1. The summed E-state index contributed by atoms with van der Waals surface area (Å²) >= 11 is 5.39. The first-order valence-corrected chi connectivity index (χ1v) is 5.98. The second-order valence-electron chi connectivity index (χ2n) is 3.61. The lowest BCUT2D eigenvalue weighted by atomic mass is 10.1. The van der Waals surface area contributed by atoms with E-state index in [1.165, 1.54) is 13.0 Å². The number of ether oxygens (including phenoxy) is 1. The monoisotopic (exact) mass is 277 g/mol. The van der Waals surface area contributed by atoms with E-state index < -0.39 is 23.1 Å². The SMILES string of the molecule is Cc1ccc(F)c(C(=O)NCCOCCCl)c1F. The molecule has 0 aliphatic carbocycles. The largest absolute Gasteiger partial charge is 0.378 e. The van der Waals surface area contributed by atoms with Gasteiger partial charge in [0.2, 0.25) is 0 Å². The number of alkyl halides is 1. The summed E-state index contributed by atoms with van der Waals surface area (Å²) in [4.78, 5) is 11.6. The Hall–Kier alpha value is -1.20. The Bertz CT molecular complexity index is 427. The van der Waals surface area contributed by atoms with E-state index in [1.54, 1.807) is 0 Å². The van der Waals surface area contributed by atoms with Gasteiger partial charge in [0.05, 0.1) is 13.2 Å². The highest BCUT2D eigenvalue weighted by Crippen LogP contribution is 2.15. The predicted octanol–water partition coefficient (Wildman–Crippen LogP) is 2.26.